The molecule has 1 aliphatic carbocycles. The molecule has 1 amide bonds. The molecular formula is C30H30N2O4S. The van der Waals surface area contributed by atoms with Crippen LogP contribution in [0.15, 0.2) is 54.6 Å². The molecule has 37 heavy (non-hydrogen) atoms. The Morgan fingerprint density at radius 3 is 2.59 bits per heavy atom. The summed E-state index contributed by atoms with van der Waals surface area (Å²) in [4.78, 5) is 32.7. The predicted octanol–water partition coefficient (Wildman–Crippen LogP) is 7.06. The SMILES string of the molecule is CCCOC(=O)c1c(NC(=O)c2cc(-c3ccc(OCC)cc3)nc3ccccc23)sc2c1CCCC2. The van der Waals surface area contributed by atoms with Crippen molar-refractivity contribution >= 4 is 39.1 Å². The Labute approximate surface area is 220 Å². The summed E-state index contributed by atoms with van der Waals surface area (Å²) in [6.07, 6.45) is 4.62. The third-order valence-corrected chi connectivity index (χ3v) is 7.67. The van der Waals surface area contributed by atoms with E-state index in [2.05, 4.69) is 5.32 Å². The molecule has 6 nitrogen and oxygen atoms in total. The average molecular weight is 515 g/mol. The molecule has 0 aliphatic heterocycles. The van der Waals surface area contributed by atoms with E-state index in [9.17, 15) is 9.59 Å². The summed E-state index contributed by atoms with van der Waals surface area (Å²) in [5, 5.41) is 4.40. The minimum absolute atomic E-state index is 0.270. The highest BCUT2D eigenvalue weighted by Crippen LogP contribution is 2.39. The number of aromatic nitrogens is 1. The monoisotopic (exact) mass is 514 g/mol. The van der Waals surface area contributed by atoms with E-state index >= 15 is 0 Å². The highest BCUT2D eigenvalue weighted by atomic mass is 32.1. The van der Waals surface area contributed by atoms with E-state index in [1.807, 2.05) is 68.4 Å². The molecule has 2 aromatic carbocycles. The maximum Gasteiger partial charge on any atom is 0.341 e. The Morgan fingerprint density at radius 1 is 1.03 bits per heavy atom. The van der Waals surface area contributed by atoms with Crippen LogP contribution in [0.1, 0.15) is 64.3 Å². The van der Waals surface area contributed by atoms with Gasteiger partial charge < -0.3 is 14.8 Å². The lowest BCUT2D eigenvalue weighted by atomic mass is 9.95. The molecule has 2 heterocycles. The molecule has 5 rings (SSSR count). The van der Waals surface area contributed by atoms with Crippen molar-refractivity contribution in [2.75, 3.05) is 18.5 Å². The van der Waals surface area contributed by atoms with E-state index in [0.29, 0.717) is 35.0 Å². The largest absolute Gasteiger partial charge is 0.494 e. The zero-order chi connectivity index (χ0) is 25.8. The Balaban J connectivity index is 1.53. The fraction of sp³-hybridized carbons (Fsp3) is 0.300. The van der Waals surface area contributed by atoms with Crippen molar-refractivity contribution in [1.29, 1.82) is 0 Å². The summed E-state index contributed by atoms with van der Waals surface area (Å²) >= 11 is 1.50. The fourth-order valence-electron chi connectivity index (χ4n) is 4.71. The van der Waals surface area contributed by atoms with Gasteiger partial charge in [0.05, 0.1) is 35.6 Å². The first-order valence-corrected chi connectivity index (χ1v) is 13.7. The van der Waals surface area contributed by atoms with Gasteiger partial charge in [0.2, 0.25) is 0 Å². The molecule has 0 bridgehead atoms. The number of benzene rings is 2. The molecule has 4 aromatic rings. The van der Waals surface area contributed by atoms with Gasteiger partial charge in [-0.1, -0.05) is 25.1 Å². The lowest BCUT2D eigenvalue weighted by Crippen LogP contribution is -2.16. The van der Waals surface area contributed by atoms with E-state index in [1.165, 1.54) is 16.2 Å². The van der Waals surface area contributed by atoms with Crippen molar-refractivity contribution in [2.24, 2.45) is 0 Å². The van der Waals surface area contributed by atoms with Crippen molar-refractivity contribution in [3.05, 3.63) is 76.2 Å². The molecular weight excluding hydrogens is 484 g/mol. The van der Waals surface area contributed by atoms with Crippen molar-refractivity contribution < 1.29 is 19.1 Å². The number of carbonyl (C=O) groups excluding carboxylic acids is 2. The van der Waals surface area contributed by atoms with Crippen molar-refractivity contribution in [3.63, 3.8) is 0 Å². The Morgan fingerprint density at radius 2 is 1.81 bits per heavy atom. The number of anilines is 1. The van der Waals surface area contributed by atoms with Crippen LogP contribution in [-0.4, -0.2) is 30.1 Å². The maximum absolute atomic E-state index is 13.7. The van der Waals surface area contributed by atoms with Crippen LogP contribution in [0.2, 0.25) is 0 Å². The van der Waals surface area contributed by atoms with E-state index in [0.717, 1.165) is 59.9 Å². The number of ether oxygens (including phenoxy) is 2. The van der Waals surface area contributed by atoms with E-state index in [4.69, 9.17) is 14.5 Å². The number of amides is 1. The van der Waals surface area contributed by atoms with Crippen LogP contribution in [0, 0.1) is 0 Å². The van der Waals surface area contributed by atoms with Crippen molar-refractivity contribution in [3.8, 4) is 17.0 Å². The number of hydrogen-bond donors (Lipinski definition) is 1. The number of esters is 1. The molecule has 2 aromatic heterocycles. The van der Waals surface area contributed by atoms with Crippen LogP contribution in [0.5, 0.6) is 5.75 Å². The molecule has 1 aliphatic rings. The van der Waals surface area contributed by atoms with Gasteiger partial charge in [0.1, 0.15) is 10.8 Å². The Kier molecular flexibility index (Phi) is 7.51. The third-order valence-electron chi connectivity index (χ3n) is 6.46. The molecule has 1 N–H and O–H groups in total. The first kappa shape index (κ1) is 25.0. The summed E-state index contributed by atoms with van der Waals surface area (Å²) < 4.78 is 11.1. The topological polar surface area (TPSA) is 77.5 Å². The van der Waals surface area contributed by atoms with Gasteiger partial charge >= 0.3 is 5.97 Å². The van der Waals surface area contributed by atoms with Crippen LogP contribution in [0.3, 0.4) is 0 Å². The first-order chi connectivity index (χ1) is 18.1. The maximum atomic E-state index is 13.7. The average Bonchev–Trinajstić information content (AvgIpc) is 3.29. The van der Waals surface area contributed by atoms with Crippen LogP contribution in [-0.2, 0) is 17.6 Å². The second-order valence-electron chi connectivity index (χ2n) is 9.03. The van der Waals surface area contributed by atoms with Gasteiger partial charge in [-0.25, -0.2) is 9.78 Å². The second kappa shape index (κ2) is 11.1. The van der Waals surface area contributed by atoms with Crippen LogP contribution in [0.25, 0.3) is 22.2 Å². The standard InChI is InChI=1S/C30H30N2O4S/c1-3-17-36-30(34)27-22-10-6-8-12-26(22)37-29(27)32-28(33)23-18-25(31-24-11-7-5-9-21(23)24)19-13-15-20(16-14-19)35-4-2/h5,7,9,11,13-16,18H,3-4,6,8,10,12,17H2,1-2H3,(H,32,33). The Bertz CT molecular complexity index is 1440. The lowest BCUT2D eigenvalue weighted by molar-refractivity contribution is 0.0505. The highest BCUT2D eigenvalue weighted by Gasteiger charge is 2.28. The molecule has 0 fully saturated rings. The number of fused-ring (bicyclic) bond motifs is 2. The summed E-state index contributed by atoms with van der Waals surface area (Å²) in [6, 6.07) is 17.1. The molecule has 0 spiro atoms. The number of thiophene rings is 1. The molecule has 0 saturated heterocycles. The molecule has 0 saturated carbocycles. The lowest BCUT2D eigenvalue weighted by Gasteiger charge is -2.13. The summed E-state index contributed by atoms with van der Waals surface area (Å²) in [5.41, 5.74) is 4.37. The second-order valence-corrected chi connectivity index (χ2v) is 10.1. The van der Waals surface area contributed by atoms with E-state index < -0.39 is 0 Å². The number of para-hydroxylation sites is 1. The zero-order valence-corrected chi connectivity index (χ0v) is 22.0. The van der Waals surface area contributed by atoms with Gasteiger partial charge in [-0.2, -0.15) is 0 Å². The number of nitrogens with one attached hydrogen (secondary N) is 1. The van der Waals surface area contributed by atoms with E-state index in [-0.39, 0.29) is 11.9 Å². The minimum Gasteiger partial charge on any atom is -0.494 e. The van der Waals surface area contributed by atoms with Gasteiger partial charge in [-0.15, -0.1) is 11.3 Å². The highest BCUT2D eigenvalue weighted by molar-refractivity contribution is 7.17. The van der Waals surface area contributed by atoms with Gasteiger partial charge in [-0.05, 0) is 81.0 Å². The van der Waals surface area contributed by atoms with Gasteiger partial charge in [0.15, 0.2) is 0 Å². The molecule has 7 heteroatoms. The van der Waals surface area contributed by atoms with Gasteiger partial charge in [0.25, 0.3) is 5.91 Å². The molecule has 0 radical (unpaired) electrons. The number of nitrogens with zero attached hydrogens (tertiary/aromatic N) is 1. The quantitative estimate of drug-likeness (QED) is 0.255. The number of aryl methyl sites for hydroxylation is 1. The molecule has 0 atom stereocenters. The fourth-order valence-corrected chi connectivity index (χ4v) is 5.98. The van der Waals surface area contributed by atoms with Crippen LogP contribution >= 0.6 is 11.3 Å². The van der Waals surface area contributed by atoms with Crippen LogP contribution in [0.4, 0.5) is 5.00 Å². The molecule has 190 valence electrons. The summed E-state index contributed by atoms with van der Waals surface area (Å²) in [5.74, 6) is 0.161. The number of rotatable bonds is 8. The van der Waals surface area contributed by atoms with Crippen LogP contribution < -0.4 is 10.1 Å². The van der Waals surface area contributed by atoms with Crippen molar-refractivity contribution in [1.82, 2.24) is 4.98 Å². The minimum atomic E-state index is -0.355. The summed E-state index contributed by atoms with van der Waals surface area (Å²) in [6.45, 7) is 4.87. The third kappa shape index (κ3) is 5.23. The normalized spacial score (nSPS) is 12.7. The molecule has 0 unspecified atom stereocenters. The smallest absolute Gasteiger partial charge is 0.341 e. The number of pyridine rings is 1. The number of hydrogen-bond acceptors (Lipinski definition) is 6. The number of carbonyl (C=O) groups is 2. The van der Waals surface area contributed by atoms with Crippen molar-refractivity contribution in [2.45, 2.75) is 46.0 Å². The predicted molar refractivity (Wildman–Crippen MR) is 148 cm³/mol. The van der Waals surface area contributed by atoms with Gasteiger partial charge in [-0.3, -0.25) is 4.79 Å². The summed E-state index contributed by atoms with van der Waals surface area (Å²) in [7, 11) is 0. The van der Waals surface area contributed by atoms with E-state index in [1.54, 1.807) is 0 Å². The van der Waals surface area contributed by atoms with Gasteiger partial charge in [0, 0.05) is 15.8 Å². The Hall–Kier alpha value is -3.71. The first-order valence-electron chi connectivity index (χ1n) is 12.8. The zero-order valence-electron chi connectivity index (χ0n) is 21.1.